The van der Waals surface area contributed by atoms with E-state index in [1.165, 1.54) is 4.90 Å². The molecule has 1 aromatic carbocycles. The van der Waals surface area contributed by atoms with Crippen molar-refractivity contribution in [1.82, 2.24) is 4.90 Å². The van der Waals surface area contributed by atoms with Crippen LogP contribution in [0.5, 0.6) is 5.75 Å². The number of para-hydroxylation sites is 1. The normalized spacial score (nSPS) is 10.4. The number of carboxylic acid groups (broad SMARTS) is 1. The van der Waals surface area contributed by atoms with Crippen molar-refractivity contribution in [3.05, 3.63) is 29.8 Å². The Balaban J connectivity index is 3.01. The molecule has 1 aromatic rings. The fourth-order valence-corrected chi connectivity index (χ4v) is 1.92. The van der Waals surface area contributed by atoms with Gasteiger partial charge in [-0.15, -0.1) is 0 Å². The fraction of sp³-hybridized carbons (Fsp3) is 0.467. The second-order valence-corrected chi connectivity index (χ2v) is 4.90. The molecular formula is C15H21NO4. The first-order chi connectivity index (χ1) is 9.45. The van der Waals surface area contributed by atoms with Crippen LogP contribution < -0.4 is 4.74 Å². The lowest BCUT2D eigenvalue weighted by atomic mass is 10.1. The maximum Gasteiger partial charge on any atom is 0.323 e. The third kappa shape index (κ3) is 4.57. The Bertz CT molecular complexity index is 471. The SMILES string of the molecule is CCOc1ccccc1C(=O)N(CC(=O)O)CC(C)C. The lowest BCUT2D eigenvalue weighted by Crippen LogP contribution is -2.38. The second-order valence-electron chi connectivity index (χ2n) is 4.90. The third-order valence-electron chi connectivity index (χ3n) is 2.62. The van der Waals surface area contributed by atoms with Crippen molar-refractivity contribution in [2.45, 2.75) is 20.8 Å². The molecule has 0 spiro atoms. The van der Waals surface area contributed by atoms with E-state index in [2.05, 4.69) is 0 Å². The van der Waals surface area contributed by atoms with Crippen LogP contribution in [-0.2, 0) is 4.79 Å². The van der Waals surface area contributed by atoms with Gasteiger partial charge < -0.3 is 14.7 Å². The summed E-state index contributed by atoms with van der Waals surface area (Å²) >= 11 is 0. The number of aliphatic carboxylic acids is 1. The van der Waals surface area contributed by atoms with Gasteiger partial charge in [-0.2, -0.15) is 0 Å². The lowest BCUT2D eigenvalue weighted by Gasteiger charge is -2.23. The summed E-state index contributed by atoms with van der Waals surface area (Å²) in [6.45, 7) is 6.26. The van der Waals surface area contributed by atoms with Crippen LogP contribution in [0.1, 0.15) is 31.1 Å². The highest BCUT2D eigenvalue weighted by Crippen LogP contribution is 2.20. The number of hydrogen-bond donors (Lipinski definition) is 1. The van der Waals surface area contributed by atoms with Crippen molar-refractivity contribution in [1.29, 1.82) is 0 Å². The Morgan fingerprint density at radius 2 is 1.95 bits per heavy atom. The molecule has 0 saturated carbocycles. The average molecular weight is 279 g/mol. The molecule has 0 heterocycles. The van der Waals surface area contributed by atoms with Crippen LogP contribution in [-0.4, -0.2) is 41.6 Å². The topological polar surface area (TPSA) is 66.8 Å². The molecule has 0 aliphatic rings. The van der Waals surface area contributed by atoms with Gasteiger partial charge in [0, 0.05) is 6.54 Å². The smallest absolute Gasteiger partial charge is 0.323 e. The Morgan fingerprint density at radius 1 is 1.30 bits per heavy atom. The first-order valence-electron chi connectivity index (χ1n) is 6.68. The molecule has 5 heteroatoms. The number of rotatable bonds is 7. The highest BCUT2D eigenvalue weighted by Gasteiger charge is 2.22. The molecule has 5 nitrogen and oxygen atoms in total. The predicted octanol–water partition coefficient (Wildman–Crippen LogP) is 2.27. The summed E-state index contributed by atoms with van der Waals surface area (Å²) in [5, 5.41) is 8.94. The number of carboxylic acids is 1. The number of benzene rings is 1. The number of ether oxygens (including phenoxy) is 1. The maximum atomic E-state index is 12.5. The van der Waals surface area contributed by atoms with Crippen LogP contribution in [0, 0.1) is 5.92 Å². The van der Waals surface area contributed by atoms with Crippen molar-refractivity contribution in [2.24, 2.45) is 5.92 Å². The van der Waals surface area contributed by atoms with Gasteiger partial charge in [0.25, 0.3) is 5.91 Å². The highest BCUT2D eigenvalue weighted by atomic mass is 16.5. The van der Waals surface area contributed by atoms with Crippen molar-refractivity contribution in [2.75, 3.05) is 19.7 Å². The second kappa shape index (κ2) is 7.53. The Labute approximate surface area is 119 Å². The largest absolute Gasteiger partial charge is 0.493 e. The van der Waals surface area contributed by atoms with Gasteiger partial charge in [0.1, 0.15) is 12.3 Å². The van der Waals surface area contributed by atoms with Gasteiger partial charge in [-0.05, 0) is 25.0 Å². The minimum Gasteiger partial charge on any atom is -0.493 e. The maximum absolute atomic E-state index is 12.5. The van der Waals surface area contributed by atoms with Crippen LogP contribution in [0.3, 0.4) is 0 Å². The summed E-state index contributed by atoms with van der Waals surface area (Å²) in [5.41, 5.74) is 0.399. The van der Waals surface area contributed by atoms with E-state index in [0.29, 0.717) is 24.5 Å². The van der Waals surface area contributed by atoms with Crippen molar-refractivity contribution in [3.8, 4) is 5.75 Å². The average Bonchev–Trinajstić information content (AvgIpc) is 2.37. The number of carbonyl (C=O) groups excluding carboxylic acids is 1. The minimum absolute atomic E-state index is 0.192. The molecule has 1 amide bonds. The van der Waals surface area contributed by atoms with E-state index in [-0.39, 0.29) is 18.4 Å². The van der Waals surface area contributed by atoms with E-state index >= 15 is 0 Å². The zero-order valence-electron chi connectivity index (χ0n) is 12.1. The summed E-state index contributed by atoms with van der Waals surface area (Å²) in [4.78, 5) is 24.7. The molecule has 0 aliphatic carbocycles. The molecule has 0 unspecified atom stereocenters. The number of nitrogens with zero attached hydrogens (tertiary/aromatic N) is 1. The Hall–Kier alpha value is -2.04. The fourth-order valence-electron chi connectivity index (χ4n) is 1.92. The molecule has 0 aromatic heterocycles. The van der Waals surface area contributed by atoms with Gasteiger partial charge in [0.2, 0.25) is 0 Å². The molecule has 20 heavy (non-hydrogen) atoms. The zero-order chi connectivity index (χ0) is 15.1. The summed E-state index contributed by atoms with van der Waals surface area (Å²) in [5.74, 6) is -0.658. The summed E-state index contributed by atoms with van der Waals surface area (Å²) in [7, 11) is 0. The summed E-state index contributed by atoms with van der Waals surface area (Å²) < 4.78 is 5.42. The third-order valence-corrected chi connectivity index (χ3v) is 2.62. The number of hydrogen-bond acceptors (Lipinski definition) is 3. The molecule has 1 rings (SSSR count). The van der Waals surface area contributed by atoms with E-state index in [0.717, 1.165) is 0 Å². The molecule has 0 atom stereocenters. The van der Waals surface area contributed by atoms with Gasteiger partial charge in [-0.25, -0.2) is 0 Å². The molecule has 110 valence electrons. The van der Waals surface area contributed by atoms with Crippen LogP contribution in [0.2, 0.25) is 0 Å². The van der Waals surface area contributed by atoms with Crippen LogP contribution in [0.4, 0.5) is 0 Å². The molecular weight excluding hydrogens is 258 g/mol. The van der Waals surface area contributed by atoms with Crippen molar-refractivity contribution in [3.63, 3.8) is 0 Å². The lowest BCUT2D eigenvalue weighted by molar-refractivity contribution is -0.137. The molecule has 0 radical (unpaired) electrons. The monoisotopic (exact) mass is 279 g/mol. The number of amides is 1. The van der Waals surface area contributed by atoms with Crippen molar-refractivity contribution < 1.29 is 19.4 Å². The highest BCUT2D eigenvalue weighted by molar-refractivity contribution is 5.98. The van der Waals surface area contributed by atoms with Crippen LogP contribution >= 0.6 is 0 Å². The Morgan fingerprint density at radius 3 is 2.50 bits per heavy atom. The first kappa shape index (κ1) is 16.0. The summed E-state index contributed by atoms with van der Waals surface area (Å²) in [6, 6.07) is 6.89. The van der Waals surface area contributed by atoms with E-state index in [4.69, 9.17) is 9.84 Å². The molecule has 0 saturated heterocycles. The predicted molar refractivity (Wildman–Crippen MR) is 76.0 cm³/mol. The molecule has 0 fully saturated rings. The van der Waals surface area contributed by atoms with Gasteiger partial charge in [0.05, 0.1) is 12.2 Å². The minimum atomic E-state index is -1.02. The first-order valence-corrected chi connectivity index (χ1v) is 6.68. The van der Waals surface area contributed by atoms with Crippen LogP contribution in [0.15, 0.2) is 24.3 Å². The molecule has 1 N–H and O–H groups in total. The van der Waals surface area contributed by atoms with E-state index in [1.54, 1.807) is 24.3 Å². The van der Waals surface area contributed by atoms with Crippen molar-refractivity contribution >= 4 is 11.9 Å². The van der Waals surface area contributed by atoms with E-state index in [9.17, 15) is 9.59 Å². The van der Waals surface area contributed by atoms with E-state index < -0.39 is 5.97 Å². The van der Waals surface area contributed by atoms with Crippen LogP contribution in [0.25, 0.3) is 0 Å². The number of carbonyl (C=O) groups is 2. The van der Waals surface area contributed by atoms with Gasteiger partial charge in [-0.1, -0.05) is 26.0 Å². The van der Waals surface area contributed by atoms with Gasteiger partial charge in [0.15, 0.2) is 0 Å². The van der Waals surface area contributed by atoms with E-state index in [1.807, 2.05) is 20.8 Å². The zero-order valence-corrected chi connectivity index (χ0v) is 12.1. The van der Waals surface area contributed by atoms with Gasteiger partial charge in [-0.3, -0.25) is 9.59 Å². The summed E-state index contributed by atoms with van der Waals surface area (Å²) in [6.07, 6.45) is 0. The molecule has 0 bridgehead atoms. The van der Waals surface area contributed by atoms with Gasteiger partial charge >= 0.3 is 5.97 Å². The quantitative estimate of drug-likeness (QED) is 0.831. The Kier molecular flexibility index (Phi) is 6.03. The molecule has 0 aliphatic heterocycles. The standard InChI is InChI=1S/C15H21NO4/c1-4-20-13-8-6-5-7-12(13)15(19)16(9-11(2)3)10-14(17)18/h5-8,11H,4,9-10H2,1-3H3,(H,17,18).